The number of nitro groups is 1. The van der Waals surface area contributed by atoms with Gasteiger partial charge in [-0.25, -0.2) is 9.97 Å². The highest BCUT2D eigenvalue weighted by molar-refractivity contribution is 5.46. The van der Waals surface area contributed by atoms with Gasteiger partial charge < -0.3 is 4.74 Å². The van der Waals surface area contributed by atoms with Crippen molar-refractivity contribution in [2.24, 2.45) is 0 Å². The lowest BCUT2D eigenvalue weighted by Gasteiger charge is -2.03. The van der Waals surface area contributed by atoms with E-state index < -0.39 is 4.92 Å². The summed E-state index contributed by atoms with van der Waals surface area (Å²) in [4.78, 5) is 22.6. The van der Waals surface area contributed by atoms with Gasteiger partial charge in [-0.2, -0.15) is 5.10 Å². The van der Waals surface area contributed by atoms with Gasteiger partial charge in [-0.15, -0.1) is 0 Å². The molecule has 2 heterocycles. The summed E-state index contributed by atoms with van der Waals surface area (Å²) in [5.41, 5.74) is 0.423. The van der Waals surface area contributed by atoms with E-state index >= 15 is 0 Å². The Balaban J connectivity index is 1.73. The fraction of sp³-hybridized carbons (Fsp3) is 0.0769. The van der Waals surface area contributed by atoms with Crippen LogP contribution in [0, 0.1) is 10.1 Å². The first kappa shape index (κ1) is 13.6. The average molecular weight is 298 g/mol. The van der Waals surface area contributed by atoms with Crippen molar-refractivity contribution in [3.8, 4) is 17.3 Å². The van der Waals surface area contributed by atoms with Crippen molar-refractivity contribution in [1.82, 2.24) is 25.1 Å². The number of rotatable bonds is 5. The Morgan fingerprint density at radius 2 is 2.14 bits per heavy atom. The number of hydrogen-bond acceptors (Lipinski definition) is 7. The molecule has 110 valence electrons. The highest BCUT2D eigenvalue weighted by Crippen LogP contribution is 2.26. The van der Waals surface area contributed by atoms with Crippen molar-refractivity contribution >= 4 is 5.69 Å². The highest BCUT2D eigenvalue weighted by atomic mass is 16.6. The average Bonchev–Trinajstić information content (AvgIpc) is 3.03. The molecule has 0 aliphatic heterocycles. The van der Waals surface area contributed by atoms with Gasteiger partial charge in [0.25, 0.3) is 0 Å². The van der Waals surface area contributed by atoms with E-state index in [1.165, 1.54) is 24.5 Å². The molecule has 0 saturated carbocycles. The van der Waals surface area contributed by atoms with Gasteiger partial charge in [-0.05, 0) is 6.07 Å². The van der Waals surface area contributed by atoms with Crippen molar-refractivity contribution in [2.45, 2.75) is 6.61 Å². The van der Waals surface area contributed by atoms with E-state index in [0.29, 0.717) is 17.3 Å². The lowest BCUT2D eigenvalue weighted by Crippen LogP contribution is -2.00. The number of benzene rings is 1. The van der Waals surface area contributed by atoms with Crippen LogP contribution in [0.25, 0.3) is 11.5 Å². The second kappa shape index (κ2) is 5.95. The summed E-state index contributed by atoms with van der Waals surface area (Å²) in [6.07, 6.45) is 4.62. The number of aromatic nitrogens is 5. The van der Waals surface area contributed by atoms with Gasteiger partial charge in [0.2, 0.25) is 5.82 Å². The summed E-state index contributed by atoms with van der Waals surface area (Å²) >= 11 is 0. The van der Waals surface area contributed by atoms with Crippen LogP contribution in [0.5, 0.6) is 5.75 Å². The molecule has 0 amide bonds. The third-order valence-corrected chi connectivity index (χ3v) is 2.75. The SMILES string of the molecule is O=[N+]([O-])c1ccccc1OCc1nc(-c2cnccn2)n[nH]1. The van der Waals surface area contributed by atoms with Crippen molar-refractivity contribution in [2.75, 3.05) is 0 Å². The number of aromatic amines is 1. The molecule has 0 fully saturated rings. The molecule has 3 aromatic rings. The van der Waals surface area contributed by atoms with Crippen LogP contribution in [0.1, 0.15) is 5.82 Å². The maximum absolute atomic E-state index is 10.9. The van der Waals surface area contributed by atoms with Crippen LogP contribution in [-0.4, -0.2) is 30.1 Å². The fourth-order valence-corrected chi connectivity index (χ4v) is 1.77. The molecule has 22 heavy (non-hydrogen) atoms. The minimum absolute atomic E-state index is 0.0259. The zero-order chi connectivity index (χ0) is 15.4. The molecule has 0 radical (unpaired) electrons. The lowest BCUT2D eigenvalue weighted by molar-refractivity contribution is -0.385. The van der Waals surface area contributed by atoms with Gasteiger partial charge in [0.05, 0.1) is 11.1 Å². The second-order valence-corrected chi connectivity index (χ2v) is 4.21. The van der Waals surface area contributed by atoms with Crippen LogP contribution in [0.15, 0.2) is 42.9 Å². The number of hydrogen-bond donors (Lipinski definition) is 1. The van der Waals surface area contributed by atoms with Crippen molar-refractivity contribution in [3.63, 3.8) is 0 Å². The molecule has 0 atom stereocenters. The van der Waals surface area contributed by atoms with Gasteiger partial charge in [0.15, 0.2) is 11.6 Å². The standard InChI is InChI=1S/C13H10N6O3/c20-19(21)10-3-1-2-4-11(10)22-8-12-16-13(18-17-12)9-7-14-5-6-15-9/h1-7H,8H2,(H,16,17,18). The van der Waals surface area contributed by atoms with Crippen molar-refractivity contribution in [3.05, 3.63) is 58.8 Å². The van der Waals surface area contributed by atoms with E-state index in [0.717, 1.165) is 0 Å². The van der Waals surface area contributed by atoms with Gasteiger partial charge in [0, 0.05) is 18.5 Å². The Morgan fingerprint density at radius 1 is 1.27 bits per heavy atom. The molecular formula is C13H10N6O3. The fourth-order valence-electron chi connectivity index (χ4n) is 1.77. The molecule has 0 aliphatic rings. The maximum Gasteiger partial charge on any atom is 0.310 e. The molecular weight excluding hydrogens is 288 g/mol. The topological polar surface area (TPSA) is 120 Å². The zero-order valence-electron chi connectivity index (χ0n) is 11.2. The molecule has 9 nitrogen and oxygen atoms in total. The van der Waals surface area contributed by atoms with Crippen molar-refractivity contribution < 1.29 is 9.66 Å². The Bertz CT molecular complexity index is 789. The summed E-state index contributed by atoms with van der Waals surface area (Å²) < 4.78 is 5.42. The van der Waals surface area contributed by atoms with Crippen LogP contribution >= 0.6 is 0 Å². The van der Waals surface area contributed by atoms with E-state index in [4.69, 9.17) is 4.74 Å². The number of H-pyrrole nitrogens is 1. The molecule has 1 N–H and O–H groups in total. The Kier molecular flexibility index (Phi) is 3.69. The maximum atomic E-state index is 10.9. The lowest BCUT2D eigenvalue weighted by atomic mass is 10.3. The number of nitrogens with zero attached hydrogens (tertiary/aromatic N) is 5. The largest absolute Gasteiger partial charge is 0.479 e. The second-order valence-electron chi connectivity index (χ2n) is 4.21. The Morgan fingerprint density at radius 3 is 2.91 bits per heavy atom. The molecule has 0 bridgehead atoms. The first-order valence-electron chi connectivity index (χ1n) is 6.28. The molecule has 2 aromatic heterocycles. The smallest absolute Gasteiger partial charge is 0.310 e. The third kappa shape index (κ3) is 2.87. The first-order valence-corrected chi connectivity index (χ1v) is 6.28. The number of para-hydroxylation sites is 2. The Labute approximate surface area is 124 Å². The van der Waals surface area contributed by atoms with Crippen LogP contribution in [0.4, 0.5) is 5.69 Å². The quantitative estimate of drug-likeness (QED) is 0.562. The molecule has 1 aromatic carbocycles. The van der Waals surface area contributed by atoms with E-state index in [-0.39, 0.29) is 18.0 Å². The number of nitro benzene ring substituents is 1. The van der Waals surface area contributed by atoms with Crippen LogP contribution in [0.2, 0.25) is 0 Å². The molecule has 0 saturated heterocycles. The van der Waals surface area contributed by atoms with Crippen LogP contribution in [0.3, 0.4) is 0 Å². The Hall–Kier alpha value is -3.36. The zero-order valence-corrected chi connectivity index (χ0v) is 11.2. The summed E-state index contributed by atoms with van der Waals surface area (Å²) in [7, 11) is 0. The molecule has 9 heteroatoms. The van der Waals surface area contributed by atoms with E-state index in [1.54, 1.807) is 18.3 Å². The highest BCUT2D eigenvalue weighted by Gasteiger charge is 2.14. The normalized spacial score (nSPS) is 10.4. The molecule has 0 spiro atoms. The minimum atomic E-state index is -0.499. The van der Waals surface area contributed by atoms with E-state index in [1.807, 2.05) is 0 Å². The number of nitrogens with one attached hydrogen (secondary N) is 1. The first-order chi connectivity index (χ1) is 10.7. The van der Waals surface area contributed by atoms with Crippen molar-refractivity contribution in [1.29, 1.82) is 0 Å². The van der Waals surface area contributed by atoms with Gasteiger partial charge in [-0.1, -0.05) is 12.1 Å². The summed E-state index contributed by atoms with van der Waals surface area (Å²) in [5.74, 6) is 0.984. The molecule has 3 rings (SSSR count). The summed E-state index contributed by atoms with van der Waals surface area (Å²) in [5, 5.41) is 17.6. The summed E-state index contributed by atoms with van der Waals surface area (Å²) in [6.45, 7) is 0.0259. The van der Waals surface area contributed by atoms with E-state index in [9.17, 15) is 10.1 Å². The molecule has 0 aliphatic carbocycles. The monoisotopic (exact) mass is 298 g/mol. The number of ether oxygens (including phenoxy) is 1. The minimum Gasteiger partial charge on any atom is -0.479 e. The third-order valence-electron chi connectivity index (χ3n) is 2.75. The van der Waals surface area contributed by atoms with Crippen LogP contribution < -0.4 is 4.74 Å². The van der Waals surface area contributed by atoms with Gasteiger partial charge in [0.1, 0.15) is 12.3 Å². The molecule has 0 unspecified atom stereocenters. The van der Waals surface area contributed by atoms with Gasteiger partial charge in [-0.3, -0.25) is 20.2 Å². The van der Waals surface area contributed by atoms with Crippen LogP contribution in [-0.2, 0) is 6.61 Å². The summed E-state index contributed by atoms with van der Waals surface area (Å²) in [6, 6.07) is 6.14. The van der Waals surface area contributed by atoms with E-state index in [2.05, 4.69) is 25.1 Å². The predicted octanol–water partition coefficient (Wildman–Crippen LogP) is 1.75. The predicted molar refractivity (Wildman–Crippen MR) is 74.8 cm³/mol. The van der Waals surface area contributed by atoms with Gasteiger partial charge >= 0.3 is 5.69 Å².